The Morgan fingerprint density at radius 3 is 2.75 bits per heavy atom. The maximum atomic E-state index is 9.38. The second-order valence-electron chi connectivity index (χ2n) is 2.91. The molecule has 1 N–H and O–H groups in total. The van der Waals surface area contributed by atoms with E-state index in [9.17, 15) is 5.11 Å². The zero-order valence-electron chi connectivity index (χ0n) is 7.46. The summed E-state index contributed by atoms with van der Waals surface area (Å²) >= 11 is 0. The van der Waals surface area contributed by atoms with Gasteiger partial charge in [0.25, 0.3) is 0 Å². The van der Waals surface area contributed by atoms with E-state index in [1.54, 1.807) is 6.07 Å². The van der Waals surface area contributed by atoms with Gasteiger partial charge in [-0.15, -0.1) is 0 Å². The predicted molar refractivity (Wildman–Crippen MR) is 51.0 cm³/mol. The van der Waals surface area contributed by atoms with Crippen molar-refractivity contribution in [1.29, 1.82) is 0 Å². The molecule has 0 spiro atoms. The molecule has 0 saturated heterocycles. The zero-order chi connectivity index (χ0) is 8.81. The van der Waals surface area contributed by atoms with Gasteiger partial charge in [0.1, 0.15) is 5.75 Å². The second-order valence-corrected chi connectivity index (χ2v) is 2.91. The van der Waals surface area contributed by atoms with Gasteiger partial charge in [-0.3, -0.25) is 0 Å². The highest BCUT2D eigenvalue weighted by molar-refractivity contribution is 5.36. The summed E-state index contributed by atoms with van der Waals surface area (Å²) in [6, 6.07) is 7.44. The summed E-state index contributed by atoms with van der Waals surface area (Å²) in [6.45, 7) is 2.17. The third-order valence-corrected chi connectivity index (χ3v) is 1.86. The van der Waals surface area contributed by atoms with Crippen LogP contribution in [0, 0.1) is 6.42 Å². The highest BCUT2D eigenvalue weighted by atomic mass is 16.3. The smallest absolute Gasteiger partial charge is 0.119 e. The number of unbranched alkanes of at least 4 members (excludes halogenated alkanes) is 2. The summed E-state index contributed by atoms with van der Waals surface area (Å²) in [5.74, 6) is 0.383. The molecule has 1 nitrogen and oxygen atoms in total. The fourth-order valence-corrected chi connectivity index (χ4v) is 1.12. The van der Waals surface area contributed by atoms with Crippen molar-refractivity contribution in [3.8, 4) is 5.75 Å². The number of phenols is 1. The fourth-order valence-electron chi connectivity index (χ4n) is 1.12. The third-order valence-electron chi connectivity index (χ3n) is 1.86. The molecule has 1 aromatic rings. The van der Waals surface area contributed by atoms with Gasteiger partial charge in [-0.1, -0.05) is 38.0 Å². The Morgan fingerprint density at radius 1 is 1.33 bits per heavy atom. The molecule has 0 aliphatic rings. The molecular formula is C11H15O. The molecule has 1 aromatic carbocycles. The Balaban J connectivity index is 2.46. The molecular weight excluding hydrogens is 148 g/mol. The minimum Gasteiger partial charge on any atom is -0.508 e. The number of para-hydroxylation sites is 1. The normalized spacial score (nSPS) is 10.1. The average molecular weight is 163 g/mol. The van der Waals surface area contributed by atoms with Crippen LogP contribution in [0.4, 0.5) is 0 Å². The van der Waals surface area contributed by atoms with E-state index in [-0.39, 0.29) is 0 Å². The number of phenolic OH excluding ortho intramolecular Hbond substituents is 1. The zero-order valence-corrected chi connectivity index (χ0v) is 7.46. The first-order chi connectivity index (χ1) is 5.84. The van der Waals surface area contributed by atoms with Crippen molar-refractivity contribution in [1.82, 2.24) is 0 Å². The van der Waals surface area contributed by atoms with Crippen LogP contribution in [-0.4, -0.2) is 5.11 Å². The van der Waals surface area contributed by atoms with E-state index in [2.05, 4.69) is 13.3 Å². The van der Waals surface area contributed by atoms with E-state index in [4.69, 9.17) is 0 Å². The molecule has 1 rings (SSSR count). The molecule has 0 heterocycles. The first-order valence-electron chi connectivity index (χ1n) is 4.45. The summed E-state index contributed by atoms with van der Waals surface area (Å²) in [6.07, 6.45) is 5.52. The number of aromatic hydroxyl groups is 1. The number of hydrogen-bond acceptors (Lipinski definition) is 1. The van der Waals surface area contributed by atoms with Crippen LogP contribution in [0.5, 0.6) is 5.75 Å². The summed E-state index contributed by atoms with van der Waals surface area (Å²) in [5, 5.41) is 9.38. The quantitative estimate of drug-likeness (QED) is 0.676. The van der Waals surface area contributed by atoms with Crippen molar-refractivity contribution in [3.63, 3.8) is 0 Å². The lowest BCUT2D eigenvalue weighted by molar-refractivity contribution is 0.471. The summed E-state index contributed by atoms with van der Waals surface area (Å²) in [5.41, 5.74) is 0.950. The van der Waals surface area contributed by atoms with Crippen molar-refractivity contribution in [2.45, 2.75) is 26.2 Å². The average Bonchev–Trinajstić information content (AvgIpc) is 2.09. The first kappa shape index (κ1) is 9.11. The van der Waals surface area contributed by atoms with E-state index in [0.29, 0.717) is 5.75 Å². The second kappa shape index (κ2) is 4.81. The summed E-state index contributed by atoms with van der Waals surface area (Å²) in [4.78, 5) is 0. The first-order valence-corrected chi connectivity index (χ1v) is 4.45. The maximum absolute atomic E-state index is 9.38. The molecule has 1 radical (unpaired) electrons. The molecule has 0 aromatic heterocycles. The SMILES string of the molecule is CCCC[CH]c1ccccc1O. The van der Waals surface area contributed by atoms with Gasteiger partial charge >= 0.3 is 0 Å². The van der Waals surface area contributed by atoms with Gasteiger partial charge in [0.2, 0.25) is 0 Å². The largest absolute Gasteiger partial charge is 0.508 e. The topological polar surface area (TPSA) is 20.2 Å². The number of benzene rings is 1. The highest BCUT2D eigenvalue weighted by Crippen LogP contribution is 2.19. The van der Waals surface area contributed by atoms with Gasteiger partial charge in [-0.05, 0) is 24.5 Å². The van der Waals surface area contributed by atoms with Gasteiger partial charge < -0.3 is 5.11 Å². The molecule has 0 amide bonds. The minimum absolute atomic E-state index is 0.383. The minimum atomic E-state index is 0.383. The van der Waals surface area contributed by atoms with Crippen molar-refractivity contribution in [2.75, 3.05) is 0 Å². The van der Waals surface area contributed by atoms with E-state index in [1.165, 1.54) is 12.8 Å². The Kier molecular flexibility index (Phi) is 3.65. The molecule has 0 bridgehead atoms. The third kappa shape index (κ3) is 2.57. The van der Waals surface area contributed by atoms with Gasteiger partial charge in [-0.2, -0.15) is 0 Å². The van der Waals surface area contributed by atoms with Gasteiger partial charge in [0, 0.05) is 0 Å². The lowest BCUT2D eigenvalue weighted by atomic mass is 10.1. The van der Waals surface area contributed by atoms with Crippen LogP contribution < -0.4 is 0 Å². The van der Waals surface area contributed by atoms with Crippen LogP contribution >= 0.6 is 0 Å². The van der Waals surface area contributed by atoms with Crippen molar-refractivity contribution in [3.05, 3.63) is 36.2 Å². The molecule has 0 fully saturated rings. The van der Waals surface area contributed by atoms with Gasteiger partial charge in [0.05, 0.1) is 0 Å². The Hall–Kier alpha value is -0.980. The van der Waals surface area contributed by atoms with E-state index in [0.717, 1.165) is 12.0 Å². The Bertz CT molecular complexity index is 230. The van der Waals surface area contributed by atoms with E-state index >= 15 is 0 Å². The highest BCUT2D eigenvalue weighted by Gasteiger charge is 1.97. The van der Waals surface area contributed by atoms with E-state index < -0.39 is 0 Å². The molecule has 65 valence electrons. The molecule has 0 atom stereocenters. The summed E-state index contributed by atoms with van der Waals surface area (Å²) < 4.78 is 0. The van der Waals surface area contributed by atoms with Gasteiger partial charge in [-0.25, -0.2) is 0 Å². The standard InChI is InChI=1S/C11H15O/c1-2-3-4-7-10-8-5-6-9-11(10)12/h5-9,12H,2-4H2,1H3. The molecule has 0 saturated carbocycles. The van der Waals surface area contributed by atoms with Crippen LogP contribution in [0.25, 0.3) is 0 Å². The molecule has 12 heavy (non-hydrogen) atoms. The van der Waals surface area contributed by atoms with Crippen LogP contribution in [0.15, 0.2) is 24.3 Å². The van der Waals surface area contributed by atoms with Gasteiger partial charge in [0.15, 0.2) is 0 Å². The molecule has 0 unspecified atom stereocenters. The Labute approximate surface area is 74.1 Å². The van der Waals surface area contributed by atoms with Crippen molar-refractivity contribution in [2.24, 2.45) is 0 Å². The van der Waals surface area contributed by atoms with E-state index in [1.807, 2.05) is 18.2 Å². The summed E-state index contributed by atoms with van der Waals surface area (Å²) in [7, 11) is 0. The lowest BCUT2D eigenvalue weighted by Crippen LogP contribution is -1.82. The molecule has 0 aliphatic carbocycles. The predicted octanol–water partition coefficient (Wildman–Crippen LogP) is 3.13. The van der Waals surface area contributed by atoms with Crippen molar-refractivity contribution >= 4 is 0 Å². The van der Waals surface area contributed by atoms with Crippen LogP contribution in [0.2, 0.25) is 0 Å². The monoisotopic (exact) mass is 163 g/mol. The van der Waals surface area contributed by atoms with Crippen LogP contribution in [-0.2, 0) is 0 Å². The van der Waals surface area contributed by atoms with Crippen molar-refractivity contribution < 1.29 is 5.11 Å². The molecule has 0 aliphatic heterocycles. The van der Waals surface area contributed by atoms with Crippen LogP contribution in [0.1, 0.15) is 31.7 Å². The number of rotatable bonds is 4. The maximum Gasteiger partial charge on any atom is 0.119 e. The lowest BCUT2D eigenvalue weighted by Gasteiger charge is -2.01. The molecule has 1 heteroatoms. The Morgan fingerprint density at radius 2 is 2.08 bits per heavy atom. The fraction of sp³-hybridized carbons (Fsp3) is 0.364. The number of hydrogen-bond donors (Lipinski definition) is 1. The van der Waals surface area contributed by atoms with Crippen LogP contribution in [0.3, 0.4) is 0 Å².